The Bertz CT molecular complexity index is 717. The van der Waals surface area contributed by atoms with Gasteiger partial charge in [-0.05, 0) is 43.5 Å². The van der Waals surface area contributed by atoms with Gasteiger partial charge in [-0.2, -0.15) is 0 Å². The molecule has 0 saturated carbocycles. The number of aliphatic carboxylic acids is 1. The molecule has 2 amide bonds. The van der Waals surface area contributed by atoms with Crippen molar-refractivity contribution in [1.82, 2.24) is 4.90 Å². The number of anilines is 1. The minimum Gasteiger partial charge on any atom is -0.479 e. The highest BCUT2D eigenvalue weighted by Crippen LogP contribution is 2.28. The molecule has 2 atom stereocenters. The number of carboxylic acid groups (broad SMARTS) is 1. The lowest BCUT2D eigenvalue weighted by atomic mass is 10.1. The van der Waals surface area contributed by atoms with Gasteiger partial charge in [0.2, 0.25) is 11.8 Å². The largest absolute Gasteiger partial charge is 0.479 e. The summed E-state index contributed by atoms with van der Waals surface area (Å²) >= 11 is 0. The van der Waals surface area contributed by atoms with Crippen LogP contribution in [0.4, 0.5) is 5.69 Å². The van der Waals surface area contributed by atoms with Crippen LogP contribution in [0.25, 0.3) is 0 Å². The van der Waals surface area contributed by atoms with Gasteiger partial charge in [0.25, 0.3) is 0 Å². The molecule has 2 saturated heterocycles. The van der Waals surface area contributed by atoms with E-state index >= 15 is 0 Å². The fraction of sp³-hybridized carbons (Fsp3) is 0.500. The quantitative estimate of drug-likeness (QED) is 0.824. The van der Waals surface area contributed by atoms with Crippen LogP contribution in [0.1, 0.15) is 17.5 Å². The Labute approximate surface area is 146 Å². The molecule has 0 radical (unpaired) electrons. The fourth-order valence-corrected chi connectivity index (χ4v) is 3.28. The zero-order valence-electron chi connectivity index (χ0n) is 14.4. The van der Waals surface area contributed by atoms with Crippen LogP contribution in [0, 0.1) is 19.8 Å². The van der Waals surface area contributed by atoms with Gasteiger partial charge in [-0.15, -0.1) is 0 Å². The second kappa shape index (κ2) is 6.84. The van der Waals surface area contributed by atoms with Crippen LogP contribution in [-0.4, -0.2) is 60.1 Å². The second-order valence-corrected chi connectivity index (χ2v) is 6.58. The minimum absolute atomic E-state index is 0.0123. The van der Waals surface area contributed by atoms with Crippen molar-refractivity contribution in [2.75, 3.05) is 31.1 Å². The van der Waals surface area contributed by atoms with Gasteiger partial charge in [0.05, 0.1) is 13.2 Å². The second-order valence-electron chi connectivity index (χ2n) is 6.58. The predicted molar refractivity (Wildman–Crippen MR) is 90.3 cm³/mol. The van der Waals surface area contributed by atoms with Crippen LogP contribution < -0.4 is 4.90 Å². The molecule has 2 aliphatic heterocycles. The highest BCUT2D eigenvalue weighted by atomic mass is 16.5. The molecule has 7 heteroatoms. The summed E-state index contributed by atoms with van der Waals surface area (Å²) in [5.74, 6) is -2.35. The summed E-state index contributed by atoms with van der Waals surface area (Å²) < 4.78 is 5.14. The Balaban J connectivity index is 1.71. The summed E-state index contributed by atoms with van der Waals surface area (Å²) in [6.07, 6.45) is -0.579. The Morgan fingerprint density at radius 3 is 2.64 bits per heavy atom. The molecular formula is C18H22N2O5. The van der Waals surface area contributed by atoms with Crippen molar-refractivity contribution in [1.29, 1.82) is 0 Å². The first-order valence-corrected chi connectivity index (χ1v) is 8.40. The number of nitrogens with zero attached hydrogens (tertiary/aromatic N) is 2. The van der Waals surface area contributed by atoms with Gasteiger partial charge in [0, 0.05) is 18.8 Å². The standard InChI is InChI=1S/C18H22N2O5/c1-11-3-4-13(9-12(11)2)20-6-5-14(17(20)22)16(21)19-7-8-25-15(10-19)18(23)24/h3-4,9,14-15H,5-8,10H2,1-2H3,(H,23,24). The summed E-state index contributed by atoms with van der Waals surface area (Å²) in [4.78, 5) is 39.6. The number of rotatable bonds is 3. The maximum atomic E-state index is 12.7. The molecule has 1 aromatic rings. The van der Waals surface area contributed by atoms with E-state index in [9.17, 15) is 14.4 Å². The Morgan fingerprint density at radius 2 is 1.96 bits per heavy atom. The number of hydrogen-bond donors (Lipinski definition) is 1. The van der Waals surface area contributed by atoms with E-state index in [4.69, 9.17) is 9.84 Å². The first-order chi connectivity index (χ1) is 11.9. The highest BCUT2D eigenvalue weighted by molar-refractivity contribution is 6.09. The van der Waals surface area contributed by atoms with Crippen molar-refractivity contribution in [3.8, 4) is 0 Å². The van der Waals surface area contributed by atoms with Gasteiger partial charge in [-0.1, -0.05) is 6.07 Å². The number of hydrogen-bond acceptors (Lipinski definition) is 4. The lowest BCUT2D eigenvalue weighted by molar-refractivity contribution is -0.160. The monoisotopic (exact) mass is 346 g/mol. The normalized spacial score (nSPS) is 23.8. The first kappa shape index (κ1) is 17.4. The van der Waals surface area contributed by atoms with Crippen molar-refractivity contribution in [2.24, 2.45) is 5.92 Å². The van der Waals surface area contributed by atoms with Crippen LogP contribution in [0.3, 0.4) is 0 Å². The van der Waals surface area contributed by atoms with Crippen LogP contribution in [0.5, 0.6) is 0 Å². The molecule has 0 aromatic heterocycles. The summed E-state index contributed by atoms with van der Waals surface area (Å²) in [6, 6.07) is 5.81. The number of carboxylic acids is 1. The van der Waals surface area contributed by atoms with E-state index < -0.39 is 18.0 Å². The van der Waals surface area contributed by atoms with Gasteiger partial charge in [-0.3, -0.25) is 9.59 Å². The van der Waals surface area contributed by atoms with Crippen molar-refractivity contribution in [2.45, 2.75) is 26.4 Å². The number of benzene rings is 1. The van der Waals surface area contributed by atoms with E-state index in [0.29, 0.717) is 19.5 Å². The number of aryl methyl sites for hydroxylation is 2. The molecule has 2 fully saturated rings. The molecule has 25 heavy (non-hydrogen) atoms. The molecule has 1 aromatic carbocycles. The Morgan fingerprint density at radius 1 is 1.20 bits per heavy atom. The molecule has 2 heterocycles. The van der Waals surface area contributed by atoms with Crippen molar-refractivity contribution in [3.63, 3.8) is 0 Å². The third-order valence-electron chi connectivity index (χ3n) is 4.96. The summed E-state index contributed by atoms with van der Waals surface area (Å²) in [7, 11) is 0. The molecule has 7 nitrogen and oxygen atoms in total. The first-order valence-electron chi connectivity index (χ1n) is 8.40. The molecule has 0 spiro atoms. The molecule has 1 N–H and O–H groups in total. The maximum absolute atomic E-state index is 12.7. The van der Waals surface area contributed by atoms with Gasteiger partial charge >= 0.3 is 5.97 Å². The van der Waals surface area contributed by atoms with Gasteiger partial charge in [-0.25, -0.2) is 4.79 Å². The number of amides is 2. The van der Waals surface area contributed by atoms with Crippen LogP contribution >= 0.6 is 0 Å². The smallest absolute Gasteiger partial charge is 0.334 e. The third-order valence-corrected chi connectivity index (χ3v) is 4.96. The predicted octanol–water partition coefficient (Wildman–Crippen LogP) is 0.968. The summed E-state index contributed by atoms with van der Waals surface area (Å²) in [5.41, 5.74) is 3.04. The van der Waals surface area contributed by atoms with E-state index in [-0.39, 0.29) is 25.0 Å². The lowest BCUT2D eigenvalue weighted by Crippen LogP contribution is -2.51. The molecular weight excluding hydrogens is 324 g/mol. The zero-order chi connectivity index (χ0) is 18.1. The number of ether oxygens (including phenoxy) is 1. The van der Waals surface area contributed by atoms with E-state index in [0.717, 1.165) is 16.8 Å². The molecule has 2 unspecified atom stereocenters. The third kappa shape index (κ3) is 3.37. The average Bonchev–Trinajstić information content (AvgIpc) is 2.98. The maximum Gasteiger partial charge on any atom is 0.334 e. The molecule has 3 rings (SSSR count). The van der Waals surface area contributed by atoms with E-state index in [2.05, 4.69) is 0 Å². The average molecular weight is 346 g/mol. The topological polar surface area (TPSA) is 87.2 Å². The minimum atomic E-state index is -1.09. The van der Waals surface area contributed by atoms with Crippen molar-refractivity contribution in [3.05, 3.63) is 29.3 Å². The van der Waals surface area contributed by atoms with Crippen molar-refractivity contribution >= 4 is 23.5 Å². The van der Waals surface area contributed by atoms with Crippen LogP contribution in [-0.2, 0) is 19.1 Å². The van der Waals surface area contributed by atoms with Crippen molar-refractivity contribution < 1.29 is 24.2 Å². The van der Waals surface area contributed by atoms with Crippen LogP contribution in [0.2, 0.25) is 0 Å². The SMILES string of the molecule is Cc1ccc(N2CCC(C(=O)N3CCOC(C(=O)O)C3)C2=O)cc1C. The van der Waals surface area contributed by atoms with Crippen LogP contribution in [0.15, 0.2) is 18.2 Å². The number of morpholine rings is 1. The fourth-order valence-electron chi connectivity index (χ4n) is 3.28. The molecule has 0 bridgehead atoms. The highest BCUT2D eigenvalue weighted by Gasteiger charge is 2.41. The van der Waals surface area contributed by atoms with Gasteiger partial charge in [0.15, 0.2) is 6.10 Å². The number of carbonyl (C=O) groups excluding carboxylic acids is 2. The van der Waals surface area contributed by atoms with E-state index in [1.54, 1.807) is 4.90 Å². The molecule has 2 aliphatic rings. The van der Waals surface area contributed by atoms with Gasteiger partial charge in [0.1, 0.15) is 5.92 Å². The summed E-state index contributed by atoms with van der Waals surface area (Å²) in [6.45, 7) is 4.96. The Hall–Kier alpha value is -2.41. The van der Waals surface area contributed by atoms with E-state index in [1.165, 1.54) is 4.90 Å². The number of carbonyl (C=O) groups is 3. The van der Waals surface area contributed by atoms with Gasteiger partial charge < -0.3 is 19.6 Å². The molecule has 134 valence electrons. The Kier molecular flexibility index (Phi) is 4.76. The summed E-state index contributed by atoms with van der Waals surface area (Å²) in [5, 5.41) is 9.06. The lowest BCUT2D eigenvalue weighted by Gasteiger charge is -2.32. The molecule has 0 aliphatic carbocycles. The zero-order valence-corrected chi connectivity index (χ0v) is 14.4. The van der Waals surface area contributed by atoms with E-state index in [1.807, 2.05) is 32.0 Å².